The smallest absolute Gasteiger partial charge is 0.206 e. The minimum absolute atomic E-state index is 0.0103. The van der Waals surface area contributed by atoms with Gasteiger partial charge in [-0.3, -0.25) is 0 Å². The number of nitrogens with zero attached hydrogens (tertiary/aromatic N) is 1. The van der Waals surface area contributed by atoms with Crippen molar-refractivity contribution in [1.82, 2.24) is 4.31 Å². The molecule has 0 unspecified atom stereocenters. The predicted octanol–water partition coefficient (Wildman–Crippen LogP) is 3.47. The molecule has 0 saturated carbocycles. The van der Waals surface area contributed by atoms with Crippen LogP contribution in [0.25, 0.3) is 0 Å². The molecule has 19 heavy (non-hydrogen) atoms. The Morgan fingerprint density at radius 1 is 1.37 bits per heavy atom. The molecule has 0 aliphatic carbocycles. The van der Waals surface area contributed by atoms with Crippen LogP contribution in [0, 0.1) is 5.92 Å². The van der Waals surface area contributed by atoms with Gasteiger partial charge in [0, 0.05) is 13.1 Å². The Kier molecular flexibility index (Phi) is 4.29. The van der Waals surface area contributed by atoms with Gasteiger partial charge < -0.3 is 0 Å². The summed E-state index contributed by atoms with van der Waals surface area (Å²) >= 11 is 4.15. The van der Waals surface area contributed by atoms with Gasteiger partial charge in [-0.05, 0) is 40.9 Å². The van der Waals surface area contributed by atoms with Crippen molar-refractivity contribution in [1.29, 1.82) is 0 Å². The fourth-order valence-corrected chi connectivity index (χ4v) is 5.68. The number of thiophene rings is 1. The van der Waals surface area contributed by atoms with E-state index >= 15 is 0 Å². The average molecular weight is 378 g/mol. The molecule has 1 aromatic rings. The lowest BCUT2D eigenvalue weighted by Gasteiger charge is -2.32. The second kappa shape index (κ2) is 5.34. The van der Waals surface area contributed by atoms with E-state index in [9.17, 15) is 21.6 Å². The highest BCUT2D eigenvalue weighted by atomic mass is 79.9. The third-order valence-electron chi connectivity index (χ3n) is 2.99. The number of halogens is 4. The lowest BCUT2D eigenvalue weighted by Crippen LogP contribution is -2.44. The van der Waals surface area contributed by atoms with Crippen molar-refractivity contribution < 1.29 is 21.6 Å². The third-order valence-corrected chi connectivity index (χ3v) is 6.95. The second-order valence-electron chi connectivity index (χ2n) is 4.30. The number of alkyl halides is 3. The van der Waals surface area contributed by atoms with Crippen molar-refractivity contribution in [2.75, 3.05) is 13.1 Å². The summed E-state index contributed by atoms with van der Waals surface area (Å²) in [5.74, 6) is -1.57. The van der Waals surface area contributed by atoms with E-state index < -0.39 is 28.7 Å². The summed E-state index contributed by atoms with van der Waals surface area (Å²) < 4.78 is 64.1. The van der Waals surface area contributed by atoms with E-state index in [1.807, 2.05) is 0 Å². The van der Waals surface area contributed by atoms with Crippen LogP contribution < -0.4 is 0 Å². The largest absolute Gasteiger partial charge is 0.393 e. The molecule has 1 aliphatic heterocycles. The number of hydrogen-bond acceptors (Lipinski definition) is 3. The van der Waals surface area contributed by atoms with Crippen molar-refractivity contribution in [3.63, 3.8) is 0 Å². The Morgan fingerprint density at radius 3 is 2.58 bits per heavy atom. The molecule has 1 aromatic heterocycles. The lowest BCUT2D eigenvalue weighted by molar-refractivity contribution is -0.182. The monoisotopic (exact) mass is 377 g/mol. The fraction of sp³-hybridized carbons (Fsp3) is 0.600. The maximum atomic E-state index is 12.7. The Hall–Kier alpha value is -0.120. The maximum absolute atomic E-state index is 12.7. The molecule has 2 heterocycles. The molecule has 3 nitrogen and oxygen atoms in total. The highest BCUT2D eigenvalue weighted by Crippen LogP contribution is 2.36. The number of piperidine rings is 1. The summed E-state index contributed by atoms with van der Waals surface area (Å²) in [7, 11) is -3.81. The quantitative estimate of drug-likeness (QED) is 0.791. The van der Waals surface area contributed by atoms with Gasteiger partial charge in [0.2, 0.25) is 0 Å². The second-order valence-corrected chi connectivity index (χ2v) is 8.93. The van der Waals surface area contributed by atoms with Crippen LogP contribution in [0.4, 0.5) is 13.2 Å². The molecule has 9 heteroatoms. The summed E-state index contributed by atoms with van der Waals surface area (Å²) in [6, 6.07) is 2.98. The van der Waals surface area contributed by atoms with E-state index in [1.54, 1.807) is 6.07 Å². The first kappa shape index (κ1) is 15.3. The van der Waals surface area contributed by atoms with Crippen LogP contribution in [0.1, 0.15) is 12.8 Å². The van der Waals surface area contributed by atoms with Gasteiger partial charge in [0.1, 0.15) is 4.21 Å². The van der Waals surface area contributed by atoms with E-state index in [2.05, 4.69) is 15.9 Å². The Bertz CT molecular complexity index is 555. The fourth-order valence-electron chi connectivity index (χ4n) is 1.99. The first-order valence-electron chi connectivity index (χ1n) is 5.53. The first-order valence-corrected chi connectivity index (χ1v) is 8.58. The van der Waals surface area contributed by atoms with Gasteiger partial charge in [-0.2, -0.15) is 17.5 Å². The van der Waals surface area contributed by atoms with Gasteiger partial charge in [-0.15, -0.1) is 11.3 Å². The zero-order chi connectivity index (χ0) is 14.3. The van der Waals surface area contributed by atoms with Crippen LogP contribution in [0.5, 0.6) is 0 Å². The summed E-state index contributed by atoms with van der Waals surface area (Å²) in [5.41, 5.74) is 0. The number of hydrogen-bond donors (Lipinski definition) is 0. The lowest BCUT2D eigenvalue weighted by atomic mass is 9.99. The van der Waals surface area contributed by atoms with Crippen molar-refractivity contribution in [2.45, 2.75) is 23.2 Å². The molecule has 0 amide bonds. The van der Waals surface area contributed by atoms with Crippen molar-refractivity contribution in [2.24, 2.45) is 5.92 Å². The van der Waals surface area contributed by atoms with Crippen LogP contribution in [-0.2, 0) is 10.0 Å². The molecule has 1 saturated heterocycles. The predicted molar refractivity (Wildman–Crippen MR) is 69.6 cm³/mol. The minimum Gasteiger partial charge on any atom is -0.206 e. The van der Waals surface area contributed by atoms with Gasteiger partial charge >= 0.3 is 6.18 Å². The number of sulfonamides is 1. The average Bonchev–Trinajstić information content (AvgIpc) is 2.76. The molecule has 1 atom stereocenters. The molecule has 1 fully saturated rings. The molecule has 0 spiro atoms. The standard InChI is InChI=1S/C10H11BrF3NO2S2/c11-8-3-4-9(18-8)19(16,17)15-5-1-2-7(6-15)10(12,13)14/h3-4,7H,1-2,5-6H2/t7-/m0/s1. The Morgan fingerprint density at radius 2 is 2.05 bits per heavy atom. The van der Waals surface area contributed by atoms with Crippen LogP contribution in [0.3, 0.4) is 0 Å². The van der Waals surface area contributed by atoms with Gasteiger partial charge in [-0.25, -0.2) is 8.42 Å². The van der Waals surface area contributed by atoms with Crippen LogP contribution in [0.2, 0.25) is 0 Å². The normalized spacial score (nSPS) is 22.6. The molecular weight excluding hydrogens is 367 g/mol. The summed E-state index contributed by atoms with van der Waals surface area (Å²) in [6.07, 6.45) is -4.12. The van der Waals surface area contributed by atoms with E-state index in [4.69, 9.17) is 0 Å². The third kappa shape index (κ3) is 3.32. The van der Waals surface area contributed by atoms with Gasteiger partial charge in [0.25, 0.3) is 10.0 Å². The molecule has 1 aliphatic rings. The zero-order valence-electron chi connectivity index (χ0n) is 9.65. The first-order chi connectivity index (χ1) is 8.71. The van der Waals surface area contributed by atoms with E-state index in [-0.39, 0.29) is 23.6 Å². The Balaban J connectivity index is 2.22. The SMILES string of the molecule is O=S(=O)(c1ccc(Br)s1)N1CCC[C@H](C(F)(F)F)C1. The Labute approximate surface area is 121 Å². The van der Waals surface area contributed by atoms with Gasteiger partial charge in [0.15, 0.2) is 0 Å². The highest BCUT2D eigenvalue weighted by Gasteiger charge is 2.44. The van der Waals surface area contributed by atoms with Crippen molar-refractivity contribution >= 4 is 37.3 Å². The van der Waals surface area contributed by atoms with Gasteiger partial charge in [0.05, 0.1) is 9.70 Å². The molecule has 0 bridgehead atoms. The molecule has 2 rings (SSSR count). The highest BCUT2D eigenvalue weighted by molar-refractivity contribution is 9.11. The summed E-state index contributed by atoms with van der Waals surface area (Å²) in [4.78, 5) is 0. The maximum Gasteiger partial charge on any atom is 0.393 e. The zero-order valence-corrected chi connectivity index (χ0v) is 12.9. The van der Waals surface area contributed by atoms with Crippen LogP contribution in [0.15, 0.2) is 20.1 Å². The minimum atomic E-state index is -4.34. The van der Waals surface area contributed by atoms with Crippen molar-refractivity contribution in [3.8, 4) is 0 Å². The van der Waals surface area contributed by atoms with E-state index in [0.29, 0.717) is 3.79 Å². The van der Waals surface area contributed by atoms with E-state index in [1.165, 1.54) is 6.07 Å². The van der Waals surface area contributed by atoms with E-state index in [0.717, 1.165) is 15.6 Å². The number of rotatable bonds is 2. The summed E-state index contributed by atoms with van der Waals surface area (Å²) in [5, 5.41) is 0. The van der Waals surface area contributed by atoms with Crippen LogP contribution in [-0.4, -0.2) is 32.0 Å². The van der Waals surface area contributed by atoms with Crippen molar-refractivity contribution in [3.05, 3.63) is 15.9 Å². The van der Waals surface area contributed by atoms with Crippen LogP contribution >= 0.6 is 27.3 Å². The topological polar surface area (TPSA) is 37.4 Å². The molecule has 0 radical (unpaired) electrons. The molecule has 0 aromatic carbocycles. The summed E-state index contributed by atoms with van der Waals surface area (Å²) in [6.45, 7) is -0.341. The molecule has 108 valence electrons. The van der Waals surface area contributed by atoms with Gasteiger partial charge in [-0.1, -0.05) is 0 Å². The molecular formula is C10H11BrF3NO2S2. The molecule has 0 N–H and O–H groups in total.